The molecule has 0 N–H and O–H groups in total. The van der Waals surface area contributed by atoms with E-state index >= 15 is 0 Å². The van der Waals surface area contributed by atoms with Gasteiger partial charge in [0.1, 0.15) is 22.9 Å². The Kier molecular flexibility index (Phi) is 4.15. The van der Waals surface area contributed by atoms with E-state index in [9.17, 15) is 0 Å². The summed E-state index contributed by atoms with van der Waals surface area (Å²) in [5, 5.41) is 4.94. The van der Waals surface area contributed by atoms with Crippen molar-refractivity contribution in [2.24, 2.45) is 0 Å². The van der Waals surface area contributed by atoms with Gasteiger partial charge < -0.3 is 18.7 Å². The lowest BCUT2D eigenvalue weighted by Crippen LogP contribution is -1.90. The zero-order valence-electron chi connectivity index (χ0n) is 14.3. The number of hydrogen-bond acceptors (Lipinski definition) is 6. The van der Waals surface area contributed by atoms with Crippen LogP contribution < -0.4 is 14.2 Å². The maximum atomic E-state index is 5.79. The summed E-state index contributed by atoms with van der Waals surface area (Å²) in [6.45, 7) is 0. The zero-order chi connectivity index (χ0) is 17.9. The van der Waals surface area contributed by atoms with Gasteiger partial charge in [0.05, 0.1) is 19.6 Å². The highest BCUT2D eigenvalue weighted by molar-refractivity contribution is 5.91. The Hall–Kier alpha value is -3.54. The minimum atomic E-state index is 0.395. The molecular weight excluding hydrogens is 332 g/mol. The summed E-state index contributed by atoms with van der Waals surface area (Å²) < 4.78 is 21.8. The van der Waals surface area contributed by atoms with Crippen LogP contribution in [0.2, 0.25) is 0 Å². The fourth-order valence-electron chi connectivity index (χ4n) is 2.69. The standard InChI is InChI=1S/C20H16N2O4/c1-23-13-6-5-7-14(12-13)25-18-11-10-16-19(22-26-20(16)21-18)15-8-3-4-9-17(15)24-2/h3-12H,1-2H3. The highest BCUT2D eigenvalue weighted by Crippen LogP contribution is 2.34. The largest absolute Gasteiger partial charge is 0.497 e. The van der Waals surface area contributed by atoms with Crippen molar-refractivity contribution in [3.63, 3.8) is 0 Å². The van der Waals surface area contributed by atoms with Crippen LogP contribution in [0.15, 0.2) is 65.2 Å². The van der Waals surface area contributed by atoms with E-state index in [1.165, 1.54) is 0 Å². The van der Waals surface area contributed by atoms with Crippen molar-refractivity contribution in [2.45, 2.75) is 0 Å². The molecule has 0 aliphatic heterocycles. The molecule has 4 aromatic rings. The van der Waals surface area contributed by atoms with Gasteiger partial charge in [-0.2, -0.15) is 4.98 Å². The number of para-hydroxylation sites is 1. The molecule has 0 fully saturated rings. The summed E-state index contributed by atoms with van der Waals surface area (Å²) in [5.41, 5.74) is 1.92. The van der Waals surface area contributed by atoms with E-state index in [1.54, 1.807) is 26.4 Å². The van der Waals surface area contributed by atoms with Crippen LogP contribution in [0.4, 0.5) is 0 Å². The number of fused-ring (bicyclic) bond motifs is 1. The summed E-state index contributed by atoms with van der Waals surface area (Å²) >= 11 is 0. The Morgan fingerprint density at radius 3 is 2.54 bits per heavy atom. The van der Waals surface area contributed by atoms with Crippen LogP contribution in [0.25, 0.3) is 22.4 Å². The van der Waals surface area contributed by atoms with E-state index in [4.69, 9.17) is 18.7 Å². The molecular formula is C20H16N2O4. The van der Waals surface area contributed by atoms with E-state index in [-0.39, 0.29) is 0 Å². The Morgan fingerprint density at radius 2 is 1.69 bits per heavy atom. The van der Waals surface area contributed by atoms with E-state index in [0.717, 1.165) is 16.7 Å². The minimum Gasteiger partial charge on any atom is -0.497 e. The van der Waals surface area contributed by atoms with Gasteiger partial charge in [-0.3, -0.25) is 0 Å². The van der Waals surface area contributed by atoms with Gasteiger partial charge >= 0.3 is 0 Å². The fraction of sp³-hybridized carbons (Fsp3) is 0.100. The lowest BCUT2D eigenvalue weighted by molar-refractivity contribution is 0.406. The summed E-state index contributed by atoms with van der Waals surface area (Å²) in [4.78, 5) is 4.39. The number of methoxy groups -OCH3 is 2. The molecule has 6 nitrogen and oxygen atoms in total. The maximum Gasteiger partial charge on any atom is 0.261 e. The highest BCUT2D eigenvalue weighted by Gasteiger charge is 2.16. The molecule has 2 aromatic carbocycles. The quantitative estimate of drug-likeness (QED) is 0.521. The van der Waals surface area contributed by atoms with E-state index < -0.39 is 0 Å². The average Bonchev–Trinajstić information content (AvgIpc) is 3.11. The second kappa shape index (κ2) is 6.76. The van der Waals surface area contributed by atoms with Gasteiger partial charge in [0.25, 0.3) is 5.71 Å². The summed E-state index contributed by atoms with van der Waals surface area (Å²) in [7, 11) is 3.23. The first-order chi connectivity index (χ1) is 12.8. The maximum absolute atomic E-state index is 5.79. The lowest BCUT2D eigenvalue weighted by atomic mass is 10.1. The predicted octanol–water partition coefficient (Wildman–Crippen LogP) is 4.70. The number of pyridine rings is 1. The van der Waals surface area contributed by atoms with Crippen molar-refractivity contribution >= 4 is 11.1 Å². The predicted molar refractivity (Wildman–Crippen MR) is 96.9 cm³/mol. The number of ether oxygens (including phenoxy) is 3. The van der Waals surface area contributed by atoms with Crippen molar-refractivity contribution in [1.29, 1.82) is 0 Å². The first-order valence-corrected chi connectivity index (χ1v) is 8.00. The molecule has 0 aliphatic carbocycles. The molecule has 0 spiro atoms. The Morgan fingerprint density at radius 1 is 0.846 bits per heavy atom. The monoisotopic (exact) mass is 348 g/mol. The van der Waals surface area contributed by atoms with Crippen LogP contribution in [0.5, 0.6) is 23.1 Å². The van der Waals surface area contributed by atoms with Crippen LogP contribution in [0.3, 0.4) is 0 Å². The van der Waals surface area contributed by atoms with E-state index in [2.05, 4.69) is 10.1 Å². The average molecular weight is 348 g/mol. The third-order valence-electron chi connectivity index (χ3n) is 3.94. The third kappa shape index (κ3) is 2.93. The molecule has 2 aromatic heterocycles. The first kappa shape index (κ1) is 16.0. The number of nitrogens with zero attached hydrogens (tertiary/aromatic N) is 2. The fourth-order valence-corrected chi connectivity index (χ4v) is 2.69. The van der Waals surface area contributed by atoms with Crippen LogP contribution in [0, 0.1) is 0 Å². The molecule has 0 atom stereocenters. The molecule has 6 heteroatoms. The number of hydrogen-bond donors (Lipinski definition) is 0. The summed E-state index contributed by atoms with van der Waals surface area (Å²) in [5.74, 6) is 2.47. The third-order valence-corrected chi connectivity index (χ3v) is 3.94. The molecule has 0 bridgehead atoms. The van der Waals surface area contributed by atoms with Crippen molar-refractivity contribution in [3.05, 3.63) is 60.7 Å². The van der Waals surface area contributed by atoms with Gasteiger partial charge in [-0.05, 0) is 30.3 Å². The second-order valence-electron chi connectivity index (χ2n) is 5.51. The topological polar surface area (TPSA) is 66.6 Å². The van der Waals surface area contributed by atoms with Gasteiger partial charge in [0, 0.05) is 17.7 Å². The first-order valence-electron chi connectivity index (χ1n) is 8.00. The normalized spacial score (nSPS) is 10.7. The SMILES string of the molecule is COc1cccc(Oc2ccc3c(-c4ccccc4OC)noc3n2)c1. The number of benzene rings is 2. The molecule has 4 rings (SSSR count). The molecule has 0 aliphatic rings. The van der Waals surface area contributed by atoms with Gasteiger partial charge in [-0.15, -0.1) is 0 Å². The Balaban J connectivity index is 1.69. The van der Waals surface area contributed by atoms with Crippen LogP contribution in [-0.2, 0) is 0 Å². The Labute approximate surface area is 149 Å². The molecule has 0 radical (unpaired) electrons. The number of rotatable bonds is 5. The van der Waals surface area contributed by atoms with Crippen LogP contribution >= 0.6 is 0 Å². The summed E-state index contributed by atoms with van der Waals surface area (Å²) in [6.07, 6.45) is 0. The smallest absolute Gasteiger partial charge is 0.261 e. The van der Waals surface area contributed by atoms with Gasteiger partial charge in [0.2, 0.25) is 5.88 Å². The Bertz CT molecular complexity index is 1060. The van der Waals surface area contributed by atoms with E-state index in [1.807, 2.05) is 48.5 Å². The van der Waals surface area contributed by atoms with Gasteiger partial charge in [0.15, 0.2) is 0 Å². The molecule has 0 saturated heterocycles. The van der Waals surface area contributed by atoms with Crippen molar-refractivity contribution in [3.8, 4) is 34.4 Å². The molecule has 0 amide bonds. The summed E-state index contributed by atoms with van der Waals surface area (Å²) in [6, 6.07) is 18.6. The number of aromatic nitrogens is 2. The van der Waals surface area contributed by atoms with E-state index in [0.29, 0.717) is 28.8 Å². The molecule has 130 valence electrons. The zero-order valence-corrected chi connectivity index (χ0v) is 14.3. The molecule has 0 saturated carbocycles. The van der Waals surface area contributed by atoms with Gasteiger partial charge in [-0.25, -0.2) is 0 Å². The van der Waals surface area contributed by atoms with Crippen LogP contribution in [0.1, 0.15) is 0 Å². The van der Waals surface area contributed by atoms with Crippen molar-refractivity contribution in [1.82, 2.24) is 10.1 Å². The molecule has 0 unspecified atom stereocenters. The van der Waals surface area contributed by atoms with Crippen LogP contribution in [-0.4, -0.2) is 24.4 Å². The van der Waals surface area contributed by atoms with Crippen molar-refractivity contribution < 1.29 is 18.7 Å². The minimum absolute atomic E-state index is 0.395. The second-order valence-corrected chi connectivity index (χ2v) is 5.51. The molecule has 26 heavy (non-hydrogen) atoms. The lowest BCUT2D eigenvalue weighted by Gasteiger charge is -2.06. The van der Waals surface area contributed by atoms with Crippen molar-refractivity contribution in [2.75, 3.05) is 14.2 Å². The highest BCUT2D eigenvalue weighted by atomic mass is 16.5. The molecule has 2 heterocycles. The van der Waals surface area contributed by atoms with Gasteiger partial charge in [-0.1, -0.05) is 23.4 Å².